The summed E-state index contributed by atoms with van der Waals surface area (Å²) >= 11 is 5.77. The van der Waals surface area contributed by atoms with Crippen LogP contribution in [0, 0.1) is 5.92 Å². The van der Waals surface area contributed by atoms with Gasteiger partial charge in [-0.2, -0.15) is 0 Å². The van der Waals surface area contributed by atoms with Gasteiger partial charge in [-0.3, -0.25) is 14.3 Å². The standard InChI is InChI=1S/C11H15ClN4O2/c1-6(2)5-16-9-8(10(17)14-11(16)18)15(3)7(4-12)13-9/h6H,4-5H2,1-3H3,(H,14,17,18). The van der Waals surface area contributed by atoms with Crippen molar-refractivity contribution in [1.29, 1.82) is 0 Å². The molecule has 0 atom stereocenters. The smallest absolute Gasteiger partial charge is 0.324 e. The maximum atomic E-state index is 11.8. The van der Waals surface area contributed by atoms with Crippen molar-refractivity contribution < 1.29 is 0 Å². The number of imidazole rings is 1. The van der Waals surface area contributed by atoms with Gasteiger partial charge >= 0.3 is 5.69 Å². The maximum absolute atomic E-state index is 11.8. The Hall–Kier alpha value is -1.56. The fourth-order valence-corrected chi connectivity index (χ4v) is 2.18. The zero-order valence-corrected chi connectivity index (χ0v) is 11.3. The molecule has 0 fully saturated rings. The molecule has 0 aromatic carbocycles. The number of nitrogens with zero attached hydrogens (tertiary/aromatic N) is 3. The van der Waals surface area contributed by atoms with Crippen molar-refractivity contribution in [2.24, 2.45) is 13.0 Å². The number of alkyl halides is 1. The van der Waals surface area contributed by atoms with Crippen molar-refractivity contribution in [3.63, 3.8) is 0 Å². The van der Waals surface area contributed by atoms with Crippen LogP contribution in [0.15, 0.2) is 9.59 Å². The minimum Gasteiger partial charge on any atom is -0.324 e. The summed E-state index contributed by atoms with van der Waals surface area (Å²) in [6.45, 7) is 4.49. The van der Waals surface area contributed by atoms with Crippen LogP contribution in [0.4, 0.5) is 0 Å². The van der Waals surface area contributed by atoms with Crippen molar-refractivity contribution in [2.75, 3.05) is 0 Å². The molecular weight excluding hydrogens is 256 g/mol. The first-order valence-electron chi connectivity index (χ1n) is 5.70. The van der Waals surface area contributed by atoms with Crippen LogP contribution in [-0.2, 0) is 19.5 Å². The number of halogens is 1. The molecule has 0 saturated carbocycles. The van der Waals surface area contributed by atoms with Gasteiger partial charge in [-0.25, -0.2) is 9.78 Å². The van der Waals surface area contributed by atoms with E-state index in [0.29, 0.717) is 23.5 Å². The number of aryl methyl sites for hydroxylation is 1. The molecule has 2 aromatic rings. The molecule has 98 valence electrons. The molecule has 18 heavy (non-hydrogen) atoms. The third-order valence-corrected chi connectivity index (χ3v) is 3.01. The minimum absolute atomic E-state index is 0.195. The first kappa shape index (κ1) is 12.9. The van der Waals surface area contributed by atoms with Crippen LogP contribution < -0.4 is 11.2 Å². The van der Waals surface area contributed by atoms with E-state index in [1.807, 2.05) is 13.8 Å². The van der Waals surface area contributed by atoms with Gasteiger partial charge in [0.25, 0.3) is 5.56 Å². The minimum atomic E-state index is -0.430. The van der Waals surface area contributed by atoms with Gasteiger partial charge in [-0.05, 0) is 5.92 Å². The van der Waals surface area contributed by atoms with E-state index in [1.54, 1.807) is 11.6 Å². The Balaban J connectivity index is 2.86. The van der Waals surface area contributed by atoms with Crippen molar-refractivity contribution in [3.05, 3.63) is 26.7 Å². The fourth-order valence-electron chi connectivity index (χ4n) is 1.95. The maximum Gasteiger partial charge on any atom is 0.330 e. The van der Waals surface area contributed by atoms with E-state index in [4.69, 9.17) is 11.6 Å². The van der Waals surface area contributed by atoms with Crippen LogP contribution in [0.1, 0.15) is 19.7 Å². The number of hydrogen-bond acceptors (Lipinski definition) is 3. The lowest BCUT2D eigenvalue weighted by molar-refractivity contribution is 0.513. The number of nitrogens with one attached hydrogen (secondary N) is 1. The largest absolute Gasteiger partial charge is 0.330 e. The molecule has 0 unspecified atom stereocenters. The highest BCUT2D eigenvalue weighted by Crippen LogP contribution is 2.12. The molecule has 7 heteroatoms. The van der Waals surface area contributed by atoms with E-state index in [0.717, 1.165) is 0 Å². The SMILES string of the molecule is CC(C)Cn1c(=O)[nH]c(=O)c2c1nc(CCl)n2C. The zero-order chi connectivity index (χ0) is 13.4. The van der Waals surface area contributed by atoms with Crippen molar-refractivity contribution in [1.82, 2.24) is 19.1 Å². The molecular formula is C11H15ClN4O2. The summed E-state index contributed by atoms with van der Waals surface area (Å²) in [4.78, 5) is 30.2. The summed E-state index contributed by atoms with van der Waals surface area (Å²) in [6.07, 6.45) is 0. The molecule has 1 N–H and O–H groups in total. The molecule has 2 rings (SSSR count). The highest BCUT2D eigenvalue weighted by Gasteiger charge is 2.16. The number of fused-ring (bicyclic) bond motifs is 1. The lowest BCUT2D eigenvalue weighted by Crippen LogP contribution is -2.32. The molecule has 0 aliphatic heterocycles. The first-order chi connectivity index (χ1) is 8.45. The predicted molar refractivity (Wildman–Crippen MR) is 70.0 cm³/mol. The summed E-state index contributed by atoms with van der Waals surface area (Å²) in [6, 6.07) is 0. The van der Waals surface area contributed by atoms with Crippen LogP contribution in [0.2, 0.25) is 0 Å². The molecule has 0 radical (unpaired) electrons. The summed E-state index contributed by atoms with van der Waals surface area (Å²) < 4.78 is 3.11. The molecule has 6 nitrogen and oxygen atoms in total. The molecule has 2 heterocycles. The van der Waals surface area contributed by atoms with Gasteiger partial charge in [0.2, 0.25) is 0 Å². The first-order valence-corrected chi connectivity index (χ1v) is 6.23. The van der Waals surface area contributed by atoms with Gasteiger partial charge in [0.05, 0.1) is 5.88 Å². The van der Waals surface area contributed by atoms with Gasteiger partial charge in [-0.1, -0.05) is 13.8 Å². The van der Waals surface area contributed by atoms with Crippen LogP contribution in [0.3, 0.4) is 0 Å². The molecule has 0 amide bonds. The Morgan fingerprint density at radius 3 is 2.61 bits per heavy atom. The van der Waals surface area contributed by atoms with Crippen molar-refractivity contribution in [3.8, 4) is 0 Å². The quantitative estimate of drug-likeness (QED) is 0.839. The monoisotopic (exact) mass is 270 g/mol. The average Bonchev–Trinajstić information content (AvgIpc) is 2.61. The third kappa shape index (κ3) is 1.96. The second kappa shape index (κ2) is 4.61. The Morgan fingerprint density at radius 1 is 1.39 bits per heavy atom. The Morgan fingerprint density at radius 2 is 2.06 bits per heavy atom. The van der Waals surface area contributed by atoms with E-state index in [-0.39, 0.29) is 11.8 Å². The van der Waals surface area contributed by atoms with Crippen LogP contribution in [0.5, 0.6) is 0 Å². The number of hydrogen-bond donors (Lipinski definition) is 1. The topological polar surface area (TPSA) is 72.7 Å². The lowest BCUT2D eigenvalue weighted by atomic mass is 10.2. The van der Waals surface area contributed by atoms with E-state index in [9.17, 15) is 9.59 Å². The molecule has 2 aromatic heterocycles. The summed E-state index contributed by atoms with van der Waals surface area (Å²) in [5.74, 6) is 1.04. The number of aromatic nitrogens is 4. The van der Waals surface area contributed by atoms with Gasteiger partial charge in [0, 0.05) is 13.6 Å². The average molecular weight is 271 g/mol. The van der Waals surface area contributed by atoms with Crippen molar-refractivity contribution >= 4 is 22.8 Å². The highest BCUT2D eigenvalue weighted by molar-refractivity contribution is 6.16. The van der Waals surface area contributed by atoms with Gasteiger partial charge < -0.3 is 4.57 Å². The van der Waals surface area contributed by atoms with E-state index < -0.39 is 11.2 Å². The van der Waals surface area contributed by atoms with Crippen LogP contribution >= 0.6 is 11.6 Å². The summed E-state index contributed by atoms with van der Waals surface area (Å²) in [5.41, 5.74) is -0.0803. The Labute approximate surface area is 108 Å². The molecule has 0 bridgehead atoms. The number of aromatic amines is 1. The van der Waals surface area contributed by atoms with Gasteiger partial charge in [0.1, 0.15) is 5.82 Å². The molecule has 0 saturated heterocycles. The Kier molecular flexibility index (Phi) is 3.30. The molecule has 0 aliphatic rings. The second-order valence-corrected chi connectivity index (χ2v) is 4.92. The molecule has 0 spiro atoms. The van der Waals surface area contributed by atoms with Gasteiger partial charge in [-0.15, -0.1) is 11.6 Å². The second-order valence-electron chi connectivity index (χ2n) is 4.66. The predicted octanol–water partition coefficient (Wildman–Crippen LogP) is 0.818. The highest BCUT2D eigenvalue weighted by atomic mass is 35.5. The fraction of sp³-hybridized carbons (Fsp3) is 0.545. The van der Waals surface area contributed by atoms with E-state index in [1.165, 1.54) is 4.57 Å². The summed E-state index contributed by atoms with van der Waals surface area (Å²) in [5, 5.41) is 0. The normalized spacial score (nSPS) is 11.6. The number of H-pyrrole nitrogens is 1. The van der Waals surface area contributed by atoms with E-state index >= 15 is 0 Å². The number of rotatable bonds is 3. The zero-order valence-electron chi connectivity index (χ0n) is 10.5. The van der Waals surface area contributed by atoms with Crippen LogP contribution in [-0.4, -0.2) is 19.1 Å². The Bertz CT molecular complexity index is 695. The van der Waals surface area contributed by atoms with Gasteiger partial charge in [0.15, 0.2) is 11.2 Å². The lowest BCUT2D eigenvalue weighted by Gasteiger charge is -2.08. The van der Waals surface area contributed by atoms with Crippen molar-refractivity contribution in [2.45, 2.75) is 26.3 Å². The third-order valence-electron chi connectivity index (χ3n) is 2.77. The van der Waals surface area contributed by atoms with Crippen LogP contribution in [0.25, 0.3) is 11.2 Å². The summed E-state index contributed by atoms with van der Waals surface area (Å²) in [7, 11) is 1.71. The van der Waals surface area contributed by atoms with E-state index in [2.05, 4.69) is 9.97 Å². The molecule has 0 aliphatic carbocycles.